The Morgan fingerprint density at radius 3 is 2.38 bits per heavy atom. The maximum Gasteiger partial charge on any atom is 0.246 e. The Hall–Kier alpha value is -4.75. The van der Waals surface area contributed by atoms with Gasteiger partial charge in [0.25, 0.3) is 0 Å². The second kappa shape index (κ2) is 10.9. The highest BCUT2D eigenvalue weighted by molar-refractivity contribution is 6.32. The molecule has 4 aromatic carbocycles. The largest absolute Gasteiger partial charge is 0.508 e. The number of phenols is 1. The molecule has 2 saturated heterocycles. The molecule has 2 heterocycles. The highest BCUT2D eigenvalue weighted by Gasteiger charge is 2.70. The fourth-order valence-corrected chi connectivity index (χ4v) is 9.34. The monoisotopic (exact) mass is 644 g/mol. The first-order valence-electron chi connectivity index (χ1n) is 16.2. The van der Waals surface area contributed by atoms with Crippen LogP contribution < -0.4 is 4.90 Å². The number of halogens is 1. The Kier molecular flexibility index (Phi) is 6.88. The predicted molar refractivity (Wildman–Crippen MR) is 179 cm³/mol. The van der Waals surface area contributed by atoms with Crippen molar-refractivity contribution in [2.45, 2.75) is 37.5 Å². The Morgan fingerprint density at radius 2 is 1.62 bits per heavy atom. The number of fused-ring (bicyclic) bond motifs is 5. The van der Waals surface area contributed by atoms with Crippen LogP contribution in [0.3, 0.4) is 0 Å². The van der Waals surface area contributed by atoms with Gasteiger partial charge >= 0.3 is 0 Å². The van der Waals surface area contributed by atoms with Crippen LogP contribution in [0.2, 0.25) is 5.02 Å². The summed E-state index contributed by atoms with van der Waals surface area (Å²) in [6, 6.07) is 27.3. The molecule has 1 N–H and O–H groups in total. The van der Waals surface area contributed by atoms with Gasteiger partial charge in [-0.2, -0.15) is 0 Å². The van der Waals surface area contributed by atoms with Gasteiger partial charge in [0.2, 0.25) is 23.6 Å². The molecule has 0 bridgehead atoms. The second-order valence-corrected chi connectivity index (χ2v) is 13.6. The lowest BCUT2D eigenvalue weighted by Crippen LogP contribution is -2.53. The van der Waals surface area contributed by atoms with Gasteiger partial charge in [-0.25, -0.2) is 4.90 Å². The lowest BCUT2D eigenvalue weighted by atomic mass is 9.48. The van der Waals surface area contributed by atoms with E-state index in [4.69, 9.17) is 11.6 Å². The lowest BCUT2D eigenvalue weighted by Gasteiger charge is -2.51. The number of likely N-dealkylation sites (tertiary alicyclic amines) is 1. The first-order chi connectivity index (χ1) is 22.8. The number of allylic oxidation sites excluding steroid dienone is 2. The summed E-state index contributed by atoms with van der Waals surface area (Å²) < 4.78 is 0. The summed E-state index contributed by atoms with van der Waals surface area (Å²) in [5.41, 5.74) is 0.947. The maximum atomic E-state index is 15.4. The van der Waals surface area contributed by atoms with Crippen molar-refractivity contribution in [2.24, 2.45) is 23.7 Å². The SMILES string of the molecule is CCCN1C(=O)C2CC=C3C(CC4C(=O)N(c5cccc(Cl)c5)C(=O)C4(c4ccccc4)C3c3c(O)ccc4ccccc34)C2C1=O. The topological polar surface area (TPSA) is 95.0 Å². The number of carbonyl (C=O) groups excluding carboxylic acids is 4. The molecule has 47 heavy (non-hydrogen) atoms. The van der Waals surface area contributed by atoms with Gasteiger partial charge in [0.15, 0.2) is 0 Å². The molecule has 3 fully saturated rings. The standard InChI is InChI=1S/C39H33ClN2O5/c1-2-19-41-35(44)28-17-16-27-29(32(28)37(41)46)21-30-36(45)42(25-13-8-12-24(40)20-25)38(47)39(30,23-10-4-3-5-11-23)34(27)33-26-14-7-6-9-22(26)15-18-31(33)43/h3-16,18,20,28-30,32,34,43H,2,17,19,21H2,1H3. The van der Waals surface area contributed by atoms with Gasteiger partial charge < -0.3 is 5.11 Å². The predicted octanol–water partition coefficient (Wildman–Crippen LogP) is 6.77. The normalized spacial score (nSPS) is 28.4. The highest BCUT2D eigenvalue weighted by atomic mass is 35.5. The third-order valence-electron chi connectivity index (χ3n) is 10.9. The van der Waals surface area contributed by atoms with E-state index in [2.05, 4.69) is 0 Å². The molecule has 1 saturated carbocycles. The van der Waals surface area contributed by atoms with Gasteiger partial charge in [0.1, 0.15) is 5.75 Å². The summed E-state index contributed by atoms with van der Waals surface area (Å²) >= 11 is 6.40. The Morgan fingerprint density at radius 1 is 0.851 bits per heavy atom. The molecule has 7 nitrogen and oxygen atoms in total. The van der Waals surface area contributed by atoms with Crippen LogP contribution >= 0.6 is 11.6 Å². The molecule has 2 aliphatic heterocycles. The van der Waals surface area contributed by atoms with Crippen LogP contribution in [-0.2, 0) is 24.6 Å². The van der Waals surface area contributed by atoms with Gasteiger partial charge in [-0.15, -0.1) is 0 Å². The number of imide groups is 2. The molecule has 4 amide bonds. The molecular formula is C39H33ClN2O5. The van der Waals surface area contributed by atoms with Gasteiger partial charge in [0, 0.05) is 23.0 Å². The van der Waals surface area contributed by atoms with E-state index in [0.29, 0.717) is 41.2 Å². The molecule has 4 aliphatic rings. The molecule has 0 radical (unpaired) electrons. The van der Waals surface area contributed by atoms with E-state index in [1.165, 1.54) is 9.80 Å². The summed E-state index contributed by atoms with van der Waals surface area (Å²) in [4.78, 5) is 60.6. The first-order valence-corrected chi connectivity index (χ1v) is 16.6. The molecule has 6 atom stereocenters. The van der Waals surface area contributed by atoms with Crippen LogP contribution in [-0.4, -0.2) is 40.2 Å². The third kappa shape index (κ3) is 4.05. The molecule has 8 heteroatoms. The van der Waals surface area contributed by atoms with Crippen LogP contribution in [0.15, 0.2) is 103 Å². The van der Waals surface area contributed by atoms with Crippen molar-refractivity contribution in [1.29, 1.82) is 0 Å². The molecule has 2 aliphatic carbocycles. The van der Waals surface area contributed by atoms with E-state index in [1.54, 1.807) is 30.3 Å². The van der Waals surface area contributed by atoms with Crippen LogP contribution in [0, 0.1) is 23.7 Å². The zero-order valence-corrected chi connectivity index (χ0v) is 26.6. The van der Waals surface area contributed by atoms with Gasteiger partial charge in [-0.3, -0.25) is 24.1 Å². The van der Waals surface area contributed by atoms with Crippen molar-refractivity contribution >= 4 is 51.7 Å². The minimum Gasteiger partial charge on any atom is -0.508 e. The number of carbonyl (C=O) groups is 4. The number of benzene rings is 4. The van der Waals surface area contributed by atoms with Crippen molar-refractivity contribution in [2.75, 3.05) is 11.4 Å². The maximum absolute atomic E-state index is 15.4. The molecule has 4 aromatic rings. The Balaban J connectivity index is 1.44. The summed E-state index contributed by atoms with van der Waals surface area (Å²) in [6.07, 6.45) is 3.23. The van der Waals surface area contributed by atoms with Crippen molar-refractivity contribution in [3.63, 3.8) is 0 Å². The summed E-state index contributed by atoms with van der Waals surface area (Å²) in [6.45, 7) is 2.28. The number of amides is 4. The summed E-state index contributed by atoms with van der Waals surface area (Å²) in [5, 5.41) is 13.8. The number of nitrogens with zero attached hydrogens (tertiary/aromatic N) is 2. The second-order valence-electron chi connectivity index (χ2n) is 13.1. The number of hydrogen-bond acceptors (Lipinski definition) is 5. The molecule has 8 rings (SSSR count). The van der Waals surface area contributed by atoms with Crippen LogP contribution in [0.5, 0.6) is 5.75 Å². The van der Waals surface area contributed by atoms with E-state index in [1.807, 2.05) is 73.7 Å². The smallest absolute Gasteiger partial charge is 0.246 e. The molecular weight excluding hydrogens is 612 g/mol. The minimum absolute atomic E-state index is 0.00863. The highest BCUT2D eigenvalue weighted by Crippen LogP contribution is 2.65. The number of aromatic hydroxyl groups is 1. The zero-order chi connectivity index (χ0) is 32.6. The minimum atomic E-state index is -1.45. The fraction of sp³-hybridized carbons (Fsp3) is 0.282. The van der Waals surface area contributed by atoms with E-state index in [0.717, 1.165) is 16.3 Å². The van der Waals surface area contributed by atoms with Crippen LogP contribution in [0.4, 0.5) is 5.69 Å². The van der Waals surface area contributed by atoms with E-state index < -0.39 is 40.9 Å². The first kappa shape index (κ1) is 29.6. The van der Waals surface area contributed by atoms with Crippen molar-refractivity contribution in [3.05, 3.63) is 119 Å². The molecule has 0 aromatic heterocycles. The number of anilines is 1. The van der Waals surface area contributed by atoms with Gasteiger partial charge in [0.05, 0.1) is 28.9 Å². The van der Waals surface area contributed by atoms with E-state index in [9.17, 15) is 19.5 Å². The van der Waals surface area contributed by atoms with Gasteiger partial charge in [-0.1, -0.05) is 96.9 Å². The Bertz CT molecular complexity index is 2020. The molecule has 236 valence electrons. The average Bonchev–Trinajstić information content (AvgIpc) is 3.46. The Labute approximate surface area is 277 Å². The van der Waals surface area contributed by atoms with E-state index in [-0.39, 0.29) is 29.9 Å². The van der Waals surface area contributed by atoms with Crippen LogP contribution in [0.1, 0.15) is 43.2 Å². The van der Waals surface area contributed by atoms with Crippen molar-refractivity contribution in [1.82, 2.24) is 4.90 Å². The number of hydrogen-bond donors (Lipinski definition) is 1. The number of phenolic OH excluding ortho intramolecular Hbond substituents is 1. The zero-order valence-electron chi connectivity index (χ0n) is 25.8. The summed E-state index contributed by atoms with van der Waals surface area (Å²) in [7, 11) is 0. The van der Waals surface area contributed by atoms with Crippen molar-refractivity contribution in [3.8, 4) is 5.75 Å². The fourth-order valence-electron chi connectivity index (χ4n) is 9.15. The quantitative estimate of drug-likeness (QED) is 0.191. The summed E-state index contributed by atoms with van der Waals surface area (Å²) in [5.74, 6) is -4.49. The van der Waals surface area contributed by atoms with Crippen LogP contribution in [0.25, 0.3) is 10.8 Å². The van der Waals surface area contributed by atoms with Gasteiger partial charge in [-0.05, 0) is 65.8 Å². The lowest BCUT2D eigenvalue weighted by molar-refractivity contribution is -0.140. The number of rotatable bonds is 5. The van der Waals surface area contributed by atoms with Crippen molar-refractivity contribution < 1.29 is 24.3 Å². The molecule has 6 unspecified atom stereocenters. The average molecular weight is 645 g/mol. The van der Waals surface area contributed by atoms with E-state index >= 15 is 4.79 Å². The molecule has 0 spiro atoms. The third-order valence-corrected chi connectivity index (χ3v) is 11.2.